The molecule has 1 aliphatic heterocycles. The summed E-state index contributed by atoms with van der Waals surface area (Å²) >= 11 is 0. The van der Waals surface area contributed by atoms with Gasteiger partial charge in [-0.25, -0.2) is 0 Å². The van der Waals surface area contributed by atoms with Gasteiger partial charge >= 0.3 is 0 Å². The molecule has 0 bridgehead atoms. The van der Waals surface area contributed by atoms with E-state index in [1.54, 1.807) is 0 Å². The molecule has 0 aromatic heterocycles. The standard InChI is InChI=1S/C18H25N3O2/c1-20(2)16-5-3-4-14(12-16)17(22)19-15-8-10-21(11-9-15)18(23)13-6-7-13/h3-5,12-13,15H,6-11H2,1-2H3,(H,19,22). The van der Waals surface area contributed by atoms with Gasteiger partial charge in [-0.15, -0.1) is 0 Å². The summed E-state index contributed by atoms with van der Waals surface area (Å²) in [7, 11) is 3.92. The Morgan fingerprint density at radius 1 is 1.13 bits per heavy atom. The van der Waals surface area contributed by atoms with Gasteiger partial charge in [-0.2, -0.15) is 0 Å². The van der Waals surface area contributed by atoms with E-state index < -0.39 is 0 Å². The number of nitrogens with zero attached hydrogens (tertiary/aromatic N) is 2. The number of amides is 2. The van der Waals surface area contributed by atoms with E-state index >= 15 is 0 Å². The number of anilines is 1. The van der Waals surface area contributed by atoms with Crippen molar-refractivity contribution in [1.29, 1.82) is 0 Å². The van der Waals surface area contributed by atoms with Gasteiger partial charge in [0.2, 0.25) is 5.91 Å². The molecule has 5 heteroatoms. The molecular weight excluding hydrogens is 290 g/mol. The van der Waals surface area contributed by atoms with Crippen molar-refractivity contribution in [1.82, 2.24) is 10.2 Å². The van der Waals surface area contributed by atoms with Crippen molar-refractivity contribution in [2.24, 2.45) is 5.92 Å². The molecule has 1 saturated carbocycles. The van der Waals surface area contributed by atoms with E-state index in [1.165, 1.54) is 0 Å². The van der Waals surface area contributed by atoms with E-state index in [2.05, 4.69) is 5.32 Å². The molecule has 1 saturated heterocycles. The van der Waals surface area contributed by atoms with Crippen LogP contribution in [0.4, 0.5) is 5.69 Å². The zero-order chi connectivity index (χ0) is 16.4. The summed E-state index contributed by atoms with van der Waals surface area (Å²) in [6.45, 7) is 1.52. The molecule has 23 heavy (non-hydrogen) atoms. The lowest BCUT2D eigenvalue weighted by Crippen LogP contribution is -2.47. The molecule has 5 nitrogen and oxygen atoms in total. The van der Waals surface area contributed by atoms with Crippen LogP contribution in [0.2, 0.25) is 0 Å². The van der Waals surface area contributed by atoms with Crippen LogP contribution in [0, 0.1) is 5.92 Å². The molecule has 2 amide bonds. The molecule has 1 aliphatic carbocycles. The Balaban J connectivity index is 1.53. The smallest absolute Gasteiger partial charge is 0.251 e. The van der Waals surface area contributed by atoms with Crippen LogP contribution in [0.3, 0.4) is 0 Å². The van der Waals surface area contributed by atoms with Crippen LogP contribution in [-0.4, -0.2) is 49.9 Å². The Labute approximate surface area is 137 Å². The van der Waals surface area contributed by atoms with Crippen LogP contribution < -0.4 is 10.2 Å². The highest BCUT2D eigenvalue weighted by Crippen LogP contribution is 2.31. The summed E-state index contributed by atoms with van der Waals surface area (Å²) in [6, 6.07) is 7.79. The molecule has 0 atom stereocenters. The predicted molar refractivity (Wildman–Crippen MR) is 90.6 cm³/mol. The highest BCUT2D eigenvalue weighted by molar-refractivity contribution is 5.95. The second-order valence-electron chi connectivity index (χ2n) is 6.79. The van der Waals surface area contributed by atoms with Gasteiger partial charge in [-0.1, -0.05) is 6.07 Å². The molecule has 1 aromatic rings. The number of likely N-dealkylation sites (tertiary alicyclic amines) is 1. The fourth-order valence-corrected chi connectivity index (χ4v) is 3.03. The number of nitrogens with one attached hydrogen (secondary N) is 1. The van der Waals surface area contributed by atoms with E-state index in [9.17, 15) is 9.59 Å². The first kappa shape index (κ1) is 15.8. The molecule has 124 valence electrons. The molecule has 0 spiro atoms. The Morgan fingerprint density at radius 3 is 2.43 bits per heavy atom. The third-order valence-corrected chi connectivity index (χ3v) is 4.69. The van der Waals surface area contributed by atoms with Crippen LogP contribution >= 0.6 is 0 Å². The molecule has 1 heterocycles. The lowest BCUT2D eigenvalue weighted by Gasteiger charge is -2.32. The summed E-state index contributed by atoms with van der Waals surface area (Å²) in [5, 5.41) is 3.11. The van der Waals surface area contributed by atoms with Gasteiger partial charge in [0.1, 0.15) is 0 Å². The van der Waals surface area contributed by atoms with Crippen molar-refractivity contribution in [2.45, 2.75) is 31.7 Å². The average molecular weight is 315 g/mol. The number of rotatable bonds is 4. The first-order chi connectivity index (χ1) is 11.0. The highest BCUT2D eigenvalue weighted by atomic mass is 16.2. The fraction of sp³-hybridized carbons (Fsp3) is 0.556. The van der Waals surface area contributed by atoms with Gasteiger partial charge in [0.15, 0.2) is 0 Å². The summed E-state index contributed by atoms with van der Waals surface area (Å²) in [4.78, 5) is 28.4. The van der Waals surface area contributed by atoms with Gasteiger partial charge in [0.25, 0.3) is 5.91 Å². The van der Waals surface area contributed by atoms with Crippen LogP contribution in [0.5, 0.6) is 0 Å². The number of carbonyl (C=O) groups is 2. The van der Waals surface area contributed by atoms with Gasteiger partial charge in [-0.05, 0) is 43.9 Å². The van der Waals surface area contributed by atoms with Gasteiger partial charge in [-0.3, -0.25) is 9.59 Å². The maximum Gasteiger partial charge on any atom is 0.251 e. The predicted octanol–water partition coefficient (Wildman–Crippen LogP) is 1.88. The minimum absolute atomic E-state index is 0.0272. The Kier molecular flexibility index (Phi) is 4.55. The lowest BCUT2D eigenvalue weighted by molar-refractivity contribution is -0.133. The molecule has 2 fully saturated rings. The number of benzene rings is 1. The van der Waals surface area contributed by atoms with Crippen molar-refractivity contribution in [3.63, 3.8) is 0 Å². The summed E-state index contributed by atoms with van der Waals surface area (Å²) in [6.07, 6.45) is 3.80. The van der Waals surface area contributed by atoms with E-state index in [4.69, 9.17) is 0 Å². The SMILES string of the molecule is CN(C)c1cccc(C(=O)NC2CCN(C(=O)C3CC3)CC2)c1. The van der Waals surface area contributed by atoms with Gasteiger partial charge in [0, 0.05) is 50.4 Å². The zero-order valence-corrected chi connectivity index (χ0v) is 13.9. The van der Waals surface area contributed by atoms with Crippen molar-refractivity contribution in [3.05, 3.63) is 29.8 Å². The normalized spacial score (nSPS) is 18.6. The van der Waals surface area contributed by atoms with Crippen LogP contribution in [0.25, 0.3) is 0 Å². The number of hydrogen-bond acceptors (Lipinski definition) is 3. The summed E-state index contributed by atoms with van der Waals surface area (Å²) in [5.41, 5.74) is 1.70. The lowest BCUT2D eigenvalue weighted by atomic mass is 10.0. The average Bonchev–Trinajstić information content (AvgIpc) is 3.40. The van der Waals surface area contributed by atoms with Crippen molar-refractivity contribution in [3.8, 4) is 0 Å². The molecule has 0 unspecified atom stereocenters. The molecule has 1 aromatic carbocycles. The summed E-state index contributed by atoms with van der Waals surface area (Å²) in [5.74, 6) is 0.573. The van der Waals surface area contributed by atoms with Crippen molar-refractivity contribution >= 4 is 17.5 Å². The number of carbonyl (C=O) groups excluding carboxylic acids is 2. The first-order valence-corrected chi connectivity index (χ1v) is 8.41. The monoisotopic (exact) mass is 315 g/mol. The molecular formula is C18H25N3O2. The minimum atomic E-state index is -0.0272. The quantitative estimate of drug-likeness (QED) is 0.923. The third-order valence-electron chi connectivity index (χ3n) is 4.69. The molecule has 0 radical (unpaired) electrons. The molecule has 1 N–H and O–H groups in total. The Hall–Kier alpha value is -2.04. The Morgan fingerprint density at radius 2 is 1.83 bits per heavy atom. The first-order valence-electron chi connectivity index (χ1n) is 8.41. The maximum absolute atomic E-state index is 12.4. The number of piperidine rings is 1. The minimum Gasteiger partial charge on any atom is -0.378 e. The van der Waals surface area contributed by atoms with E-state index in [0.717, 1.165) is 44.5 Å². The highest BCUT2D eigenvalue weighted by Gasteiger charge is 2.35. The van der Waals surface area contributed by atoms with Gasteiger partial charge < -0.3 is 15.1 Å². The van der Waals surface area contributed by atoms with Gasteiger partial charge in [0.05, 0.1) is 0 Å². The van der Waals surface area contributed by atoms with Crippen molar-refractivity contribution in [2.75, 3.05) is 32.1 Å². The second-order valence-corrected chi connectivity index (χ2v) is 6.79. The van der Waals surface area contributed by atoms with Crippen LogP contribution in [0.1, 0.15) is 36.0 Å². The van der Waals surface area contributed by atoms with Crippen LogP contribution in [0.15, 0.2) is 24.3 Å². The summed E-state index contributed by atoms with van der Waals surface area (Å²) < 4.78 is 0. The fourth-order valence-electron chi connectivity index (χ4n) is 3.03. The van der Waals surface area contributed by atoms with Crippen LogP contribution in [-0.2, 0) is 4.79 Å². The van der Waals surface area contributed by atoms with Crippen molar-refractivity contribution < 1.29 is 9.59 Å². The largest absolute Gasteiger partial charge is 0.378 e. The number of hydrogen-bond donors (Lipinski definition) is 1. The second kappa shape index (κ2) is 6.60. The van der Waals surface area contributed by atoms with E-state index in [-0.39, 0.29) is 17.9 Å². The molecule has 2 aliphatic rings. The maximum atomic E-state index is 12.4. The zero-order valence-electron chi connectivity index (χ0n) is 13.9. The van der Waals surface area contributed by atoms with E-state index in [1.807, 2.05) is 48.2 Å². The third kappa shape index (κ3) is 3.84. The topological polar surface area (TPSA) is 52.7 Å². The van der Waals surface area contributed by atoms with E-state index in [0.29, 0.717) is 11.5 Å². The molecule has 3 rings (SSSR count). The Bertz CT molecular complexity index is 588.